The molecule has 0 heterocycles. The van der Waals surface area contributed by atoms with Crippen LogP contribution in [0, 0.1) is 0 Å². The lowest BCUT2D eigenvalue weighted by Crippen LogP contribution is -2.43. The summed E-state index contributed by atoms with van der Waals surface area (Å²) in [5, 5.41) is 0. The van der Waals surface area contributed by atoms with E-state index in [1.165, 1.54) is 66.8 Å². The zero-order valence-electron chi connectivity index (χ0n) is 22.8. The largest absolute Gasteiger partial charge is 0.321 e. The van der Waals surface area contributed by atoms with Crippen molar-refractivity contribution in [2.45, 2.75) is 10.8 Å². The maximum Gasteiger partial charge on any atom is 0.0720 e. The topological polar surface area (TPSA) is 24.1 Å². The first-order chi connectivity index (χ1) is 20.3. The molecule has 3 aliphatic carbocycles. The zero-order chi connectivity index (χ0) is 27.2. The van der Waals surface area contributed by atoms with Gasteiger partial charge in [-0.3, -0.25) is 0 Å². The first kappa shape index (κ1) is 22.9. The van der Waals surface area contributed by atoms with Crippen LogP contribution < -0.4 is 10.9 Å². The van der Waals surface area contributed by atoms with Crippen LogP contribution in [-0.4, -0.2) is 7.05 Å². The highest BCUT2D eigenvalue weighted by atomic mass is 15.3. The molecule has 6 aromatic rings. The van der Waals surface area contributed by atoms with Crippen molar-refractivity contribution in [2.24, 2.45) is 0 Å². The fourth-order valence-electron chi connectivity index (χ4n) is 8.53. The Bertz CT molecular complexity index is 1940. The number of hydrogen-bond acceptors (Lipinski definition) is 2. The third kappa shape index (κ3) is 2.53. The molecule has 0 aromatic heterocycles. The van der Waals surface area contributed by atoms with Crippen LogP contribution in [0.5, 0.6) is 0 Å². The van der Waals surface area contributed by atoms with Crippen molar-refractivity contribution in [3.8, 4) is 22.3 Å². The standard InChI is InChI=1S/C39H28N2/c1-40-41-36-24-12-23-35-37(36)27-15-4-7-18-30(27)39(35)33-21-10-8-19-31(33)38(32-20-9-11-22-34(32)39)28-16-5-2-13-25(28)26-14-3-6-17-29(26)38/h2-24,40-41H,1H3. The molecule has 0 bridgehead atoms. The van der Waals surface area contributed by atoms with Crippen LogP contribution in [0.2, 0.25) is 0 Å². The molecule has 0 radical (unpaired) electrons. The molecular formula is C39H28N2. The minimum Gasteiger partial charge on any atom is -0.321 e. The Morgan fingerprint density at radius 1 is 0.366 bits per heavy atom. The van der Waals surface area contributed by atoms with E-state index in [2.05, 4.69) is 150 Å². The van der Waals surface area contributed by atoms with E-state index in [4.69, 9.17) is 0 Å². The molecule has 2 N–H and O–H groups in total. The van der Waals surface area contributed by atoms with Gasteiger partial charge < -0.3 is 5.43 Å². The lowest BCUT2D eigenvalue weighted by atomic mass is 9.52. The van der Waals surface area contributed by atoms with Crippen LogP contribution in [0.25, 0.3) is 22.3 Å². The van der Waals surface area contributed by atoms with Crippen LogP contribution in [0.3, 0.4) is 0 Å². The Labute approximate surface area is 240 Å². The Kier molecular flexibility index (Phi) is 4.49. The van der Waals surface area contributed by atoms with Crippen molar-refractivity contribution in [3.05, 3.63) is 184 Å². The van der Waals surface area contributed by atoms with Gasteiger partial charge in [0.25, 0.3) is 0 Å². The second kappa shape index (κ2) is 8.06. The van der Waals surface area contributed by atoms with E-state index in [1.54, 1.807) is 0 Å². The van der Waals surface area contributed by atoms with Crippen LogP contribution in [0.15, 0.2) is 140 Å². The molecule has 2 heteroatoms. The van der Waals surface area contributed by atoms with E-state index in [9.17, 15) is 0 Å². The quantitative estimate of drug-likeness (QED) is 0.222. The number of hydrazine groups is 1. The van der Waals surface area contributed by atoms with Crippen LogP contribution >= 0.6 is 0 Å². The molecule has 41 heavy (non-hydrogen) atoms. The SMILES string of the molecule is CNNc1cccc2c1-c1ccccc1C21c2ccccc2C2(c3ccccc3-c3ccccc32)c2ccccc21. The molecule has 0 amide bonds. The average molecular weight is 525 g/mol. The molecule has 0 aliphatic heterocycles. The third-order valence-corrected chi connectivity index (χ3v) is 9.75. The van der Waals surface area contributed by atoms with Gasteiger partial charge in [-0.05, 0) is 67.3 Å². The van der Waals surface area contributed by atoms with Crippen LogP contribution in [0.4, 0.5) is 5.69 Å². The zero-order valence-corrected chi connectivity index (χ0v) is 22.8. The van der Waals surface area contributed by atoms with Gasteiger partial charge in [0, 0.05) is 12.6 Å². The second-order valence-electron chi connectivity index (χ2n) is 11.3. The number of anilines is 1. The van der Waals surface area contributed by atoms with Gasteiger partial charge in [-0.2, -0.15) is 0 Å². The average Bonchev–Trinajstić information content (AvgIpc) is 3.50. The summed E-state index contributed by atoms with van der Waals surface area (Å²) in [6.45, 7) is 0. The molecule has 0 fully saturated rings. The summed E-state index contributed by atoms with van der Waals surface area (Å²) in [4.78, 5) is 0. The predicted octanol–water partition coefficient (Wildman–Crippen LogP) is 8.27. The van der Waals surface area contributed by atoms with E-state index < -0.39 is 10.8 Å². The van der Waals surface area contributed by atoms with Crippen molar-refractivity contribution in [3.63, 3.8) is 0 Å². The maximum absolute atomic E-state index is 3.44. The molecule has 6 aromatic carbocycles. The van der Waals surface area contributed by atoms with E-state index in [1.807, 2.05) is 7.05 Å². The summed E-state index contributed by atoms with van der Waals surface area (Å²) in [6, 6.07) is 52.3. The molecule has 9 rings (SSSR count). The van der Waals surface area contributed by atoms with Gasteiger partial charge in [0.05, 0.1) is 16.5 Å². The molecule has 0 saturated heterocycles. The summed E-state index contributed by atoms with van der Waals surface area (Å²) in [6.07, 6.45) is 0. The van der Waals surface area contributed by atoms with Gasteiger partial charge in [0.1, 0.15) is 0 Å². The number of rotatable bonds is 2. The summed E-state index contributed by atoms with van der Waals surface area (Å²) in [5.74, 6) is 0. The first-order valence-corrected chi connectivity index (χ1v) is 14.4. The fraction of sp³-hybridized carbons (Fsp3) is 0.0769. The Morgan fingerprint density at radius 3 is 1.22 bits per heavy atom. The van der Waals surface area contributed by atoms with Crippen LogP contribution in [-0.2, 0) is 10.8 Å². The first-order valence-electron chi connectivity index (χ1n) is 14.4. The Hall–Kier alpha value is -4.92. The minimum atomic E-state index is -0.442. The van der Waals surface area contributed by atoms with E-state index in [0.29, 0.717) is 0 Å². The van der Waals surface area contributed by atoms with E-state index in [0.717, 1.165) is 5.69 Å². The molecule has 0 unspecified atom stereocenters. The van der Waals surface area contributed by atoms with Crippen molar-refractivity contribution >= 4 is 5.69 Å². The van der Waals surface area contributed by atoms with Crippen molar-refractivity contribution in [1.82, 2.24) is 5.43 Å². The predicted molar refractivity (Wildman–Crippen MR) is 167 cm³/mol. The summed E-state index contributed by atoms with van der Waals surface area (Å²) >= 11 is 0. The van der Waals surface area contributed by atoms with Gasteiger partial charge in [0.2, 0.25) is 0 Å². The van der Waals surface area contributed by atoms with E-state index >= 15 is 0 Å². The summed E-state index contributed by atoms with van der Waals surface area (Å²) in [5.41, 5.74) is 23.0. The highest BCUT2D eigenvalue weighted by Crippen LogP contribution is 2.67. The van der Waals surface area contributed by atoms with Gasteiger partial charge in [-0.25, -0.2) is 5.43 Å². The minimum absolute atomic E-state index is 0.399. The van der Waals surface area contributed by atoms with Gasteiger partial charge in [-0.1, -0.05) is 133 Å². The highest BCUT2D eigenvalue weighted by molar-refractivity contribution is 5.96. The molecule has 0 atom stereocenters. The maximum atomic E-state index is 3.44. The molecule has 2 nitrogen and oxygen atoms in total. The molecule has 2 spiro atoms. The fourth-order valence-corrected chi connectivity index (χ4v) is 8.53. The normalized spacial score (nSPS) is 15.4. The van der Waals surface area contributed by atoms with Crippen LogP contribution in [0.1, 0.15) is 44.5 Å². The van der Waals surface area contributed by atoms with Crippen molar-refractivity contribution in [1.29, 1.82) is 0 Å². The van der Waals surface area contributed by atoms with Gasteiger partial charge in [0.15, 0.2) is 0 Å². The summed E-state index contributed by atoms with van der Waals surface area (Å²) < 4.78 is 0. The smallest absolute Gasteiger partial charge is 0.0720 e. The molecular weight excluding hydrogens is 496 g/mol. The lowest BCUT2D eigenvalue weighted by Gasteiger charge is -2.48. The number of nitrogens with one attached hydrogen (secondary N) is 2. The van der Waals surface area contributed by atoms with Crippen molar-refractivity contribution in [2.75, 3.05) is 12.5 Å². The Balaban J connectivity index is 1.51. The highest BCUT2D eigenvalue weighted by Gasteiger charge is 2.58. The Morgan fingerprint density at radius 2 is 0.732 bits per heavy atom. The molecule has 0 saturated carbocycles. The molecule has 3 aliphatic rings. The third-order valence-electron chi connectivity index (χ3n) is 9.75. The van der Waals surface area contributed by atoms with E-state index in [-0.39, 0.29) is 0 Å². The second-order valence-corrected chi connectivity index (χ2v) is 11.3. The number of benzene rings is 6. The number of hydrogen-bond donors (Lipinski definition) is 2. The molecule has 194 valence electrons. The summed E-state index contributed by atoms with van der Waals surface area (Å²) in [7, 11) is 1.93. The van der Waals surface area contributed by atoms with Gasteiger partial charge >= 0.3 is 0 Å². The van der Waals surface area contributed by atoms with Gasteiger partial charge in [-0.15, -0.1) is 0 Å². The lowest BCUT2D eigenvalue weighted by molar-refractivity contribution is 0.633. The van der Waals surface area contributed by atoms with Crippen molar-refractivity contribution < 1.29 is 0 Å². The monoisotopic (exact) mass is 524 g/mol. The number of fused-ring (bicyclic) bond motifs is 16.